The van der Waals surface area contributed by atoms with Gasteiger partial charge in [-0.3, -0.25) is 9.38 Å². The number of guanidine groups is 1. The number of nitrogens with zero attached hydrogens (tertiary/aromatic N) is 5. The minimum Gasteiger partial charge on any atom is -0.357 e. The first kappa shape index (κ1) is 21.0. The molecule has 0 spiro atoms. The molecule has 7 nitrogen and oxygen atoms in total. The highest BCUT2D eigenvalue weighted by molar-refractivity contribution is 14.0. The molecule has 0 aliphatic heterocycles. The highest BCUT2D eigenvalue weighted by Gasteiger charge is 2.06. The van der Waals surface area contributed by atoms with Gasteiger partial charge in [-0.15, -0.1) is 34.2 Å². The van der Waals surface area contributed by atoms with Crippen molar-refractivity contribution in [2.24, 2.45) is 4.99 Å². The summed E-state index contributed by atoms with van der Waals surface area (Å²) in [4.78, 5) is 9.15. The Morgan fingerprint density at radius 3 is 2.79 bits per heavy atom. The van der Waals surface area contributed by atoms with Crippen LogP contribution < -0.4 is 10.6 Å². The van der Waals surface area contributed by atoms with E-state index in [-0.39, 0.29) is 24.0 Å². The van der Waals surface area contributed by atoms with Crippen LogP contribution in [0, 0.1) is 0 Å². The van der Waals surface area contributed by atoms with Crippen LogP contribution in [0.4, 0.5) is 0 Å². The first-order chi connectivity index (χ1) is 13.8. The highest BCUT2D eigenvalue weighted by atomic mass is 127. The lowest BCUT2D eigenvalue weighted by Crippen LogP contribution is -2.38. The number of hydrogen-bond acceptors (Lipinski definition) is 4. The standard InChI is InChI=1S/C21H23N7.HI/c1-2-22-21(24-13-11-20-27-26-19-9-5-6-14-28(19)20)25-15-16-10-12-23-18-8-4-3-7-17(16)18;/h3-10,12,14H,2,11,13,15H2,1H3,(H2,22,24,25);1H. The second-order valence-electron chi connectivity index (χ2n) is 6.40. The van der Waals surface area contributed by atoms with Crippen molar-refractivity contribution >= 4 is 46.5 Å². The summed E-state index contributed by atoms with van der Waals surface area (Å²) in [6.07, 6.45) is 4.58. The molecule has 0 atom stereocenters. The fourth-order valence-electron chi connectivity index (χ4n) is 3.15. The number of rotatable bonds is 6. The molecular formula is C21H24IN7. The number of pyridine rings is 2. The maximum Gasteiger partial charge on any atom is 0.191 e. The molecular weight excluding hydrogens is 477 g/mol. The van der Waals surface area contributed by atoms with E-state index < -0.39 is 0 Å². The second-order valence-corrected chi connectivity index (χ2v) is 6.40. The topological polar surface area (TPSA) is 79.5 Å². The minimum absolute atomic E-state index is 0. The average molecular weight is 501 g/mol. The van der Waals surface area contributed by atoms with Crippen molar-refractivity contribution in [2.45, 2.75) is 19.9 Å². The van der Waals surface area contributed by atoms with Crippen molar-refractivity contribution in [3.63, 3.8) is 0 Å². The van der Waals surface area contributed by atoms with E-state index in [0.717, 1.165) is 53.4 Å². The van der Waals surface area contributed by atoms with Gasteiger partial charge < -0.3 is 10.6 Å². The zero-order valence-corrected chi connectivity index (χ0v) is 18.6. The summed E-state index contributed by atoms with van der Waals surface area (Å²) in [6, 6.07) is 16.1. The van der Waals surface area contributed by atoms with Crippen molar-refractivity contribution < 1.29 is 0 Å². The molecule has 0 unspecified atom stereocenters. The van der Waals surface area contributed by atoms with E-state index in [1.54, 1.807) is 0 Å². The lowest BCUT2D eigenvalue weighted by molar-refractivity contribution is 0.763. The molecule has 29 heavy (non-hydrogen) atoms. The van der Waals surface area contributed by atoms with Gasteiger partial charge in [0, 0.05) is 37.3 Å². The Bertz CT molecular complexity index is 1100. The van der Waals surface area contributed by atoms with Gasteiger partial charge in [0.2, 0.25) is 0 Å². The van der Waals surface area contributed by atoms with Gasteiger partial charge >= 0.3 is 0 Å². The number of fused-ring (bicyclic) bond motifs is 2. The predicted octanol–water partition coefficient (Wildman–Crippen LogP) is 3.19. The lowest BCUT2D eigenvalue weighted by atomic mass is 10.1. The first-order valence-electron chi connectivity index (χ1n) is 9.48. The molecule has 0 aliphatic rings. The van der Waals surface area contributed by atoms with Crippen LogP contribution in [0.25, 0.3) is 16.6 Å². The summed E-state index contributed by atoms with van der Waals surface area (Å²) in [5.74, 6) is 1.72. The number of aliphatic imine (C=N–C) groups is 1. The predicted molar refractivity (Wildman–Crippen MR) is 127 cm³/mol. The van der Waals surface area contributed by atoms with Gasteiger partial charge in [0.25, 0.3) is 0 Å². The monoisotopic (exact) mass is 501 g/mol. The van der Waals surface area contributed by atoms with Crippen LogP contribution in [-0.4, -0.2) is 38.6 Å². The molecule has 0 saturated carbocycles. The van der Waals surface area contributed by atoms with Crippen LogP contribution in [0.15, 0.2) is 65.9 Å². The summed E-state index contributed by atoms with van der Waals surface area (Å²) >= 11 is 0. The van der Waals surface area contributed by atoms with Crippen molar-refractivity contribution in [3.05, 3.63) is 72.3 Å². The van der Waals surface area contributed by atoms with Crippen LogP contribution >= 0.6 is 24.0 Å². The number of benzene rings is 1. The molecule has 150 valence electrons. The van der Waals surface area contributed by atoms with Gasteiger partial charge in [-0.1, -0.05) is 24.3 Å². The quantitative estimate of drug-likeness (QED) is 0.241. The summed E-state index contributed by atoms with van der Waals surface area (Å²) in [5.41, 5.74) is 3.01. The number of hydrogen-bond donors (Lipinski definition) is 2. The van der Waals surface area contributed by atoms with Gasteiger partial charge in [0.15, 0.2) is 11.6 Å². The molecule has 0 fully saturated rings. The average Bonchev–Trinajstić information content (AvgIpc) is 3.15. The smallest absolute Gasteiger partial charge is 0.191 e. The van der Waals surface area contributed by atoms with Gasteiger partial charge in [-0.2, -0.15) is 0 Å². The number of aromatic nitrogens is 4. The molecule has 0 saturated heterocycles. The minimum atomic E-state index is 0. The number of nitrogens with one attached hydrogen (secondary N) is 2. The third kappa shape index (κ3) is 5.00. The molecule has 3 heterocycles. The largest absolute Gasteiger partial charge is 0.357 e. The number of para-hydroxylation sites is 1. The number of halogens is 1. The Hall–Kier alpha value is -2.75. The normalized spacial score (nSPS) is 11.4. The zero-order valence-electron chi connectivity index (χ0n) is 16.2. The fraction of sp³-hybridized carbons (Fsp3) is 0.238. The second kappa shape index (κ2) is 10.1. The van der Waals surface area contributed by atoms with E-state index in [9.17, 15) is 0 Å². The Kier molecular flexibility index (Phi) is 7.34. The summed E-state index contributed by atoms with van der Waals surface area (Å²) in [6.45, 7) is 4.17. The van der Waals surface area contributed by atoms with E-state index >= 15 is 0 Å². The Morgan fingerprint density at radius 1 is 1.03 bits per heavy atom. The van der Waals surface area contributed by atoms with Gasteiger partial charge in [0.05, 0.1) is 12.1 Å². The SMILES string of the molecule is CCNC(=NCc1ccnc2ccccc12)NCCc1nnc2ccccn12.I. The Morgan fingerprint density at radius 2 is 1.90 bits per heavy atom. The highest BCUT2D eigenvalue weighted by Crippen LogP contribution is 2.16. The summed E-state index contributed by atoms with van der Waals surface area (Å²) in [7, 11) is 0. The third-order valence-electron chi connectivity index (χ3n) is 4.52. The molecule has 0 bridgehead atoms. The molecule has 2 N–H and O–H groups in total. The summed E-state index contributed by atoms with van der Waals surface area (Å²) < 4.78 is 2.01. The van der Waals surface area contributed by atoms with Crippen LogP contribution in [0.1, 0.15) is 18.3 Å². The molecule has 4 rings (SSSR count). The fourth-order valence-corrected chi connectivity index (χ4v) is 3.15. The van der Waals surface area contributed by atoms with Crippen LogP contribution in [0.3, 0.4) is 0 Å². The Labute approximate surface area is 186 Å². The van der Waals surface area contributed by atoms with Crippen LogP contribution in [0.2, 0.25) is 0 Å². The molecule has 4 aromatic rings. The molecule has 0 amide bonds. The van der Waals surface area contributed by atoms with Gasteiger partial charge in [0.1, 0.15) is 5.82 Å². The van der Waals surface area contributed by atoms with E-state index in [0.29, 0.717) is 6.54 Å². The van der Waals surface area contributed by atoms with E-state index in [1.807, 2.05) is 59.3 Å². The van der Waals surface area contributed by atoms with Gasteiger partial charge in [-0.05, 0) is 36.8 Å². The van der Waals surface area contributed by atoms with Gasteiger partial charge in [-0.25, -0.2) is 4.99 Å². The van der Waals surface area contributed by atoms with Crippen molar-refractivity contribution in [1.82, 2.24) is 30.2 Å². The Balaban J connectivity index is 0.00000240. The van der Waals surface area contributed by atoms with Crippen molar-refractivity contribution in [2.75, 3.05) is 13.1 Å². The van der Waals surface area contributed by atoms with Crippen LogP contribution in [-0.2, 0) is 13.0 Å². The van der Waals surface area contributed by atoms with Crippen molar-refractivity contribution in [3.8, 4) is 0 Å². The van der Waals surface area contributed by atoms with E-state index in [1.165, 1.54) is 0 Å². The molecule has 1 aromatic carbocycles. The zero-order chi connectivity index (χ0) is 19.2. The summed E-state index contributed by atoms with van der Waals surface area (Å²) in [5, 5.41) is 16.3. The van der Waals surface area contributed by atoms with Crippen LogP contribution in [0.5, 0.6) is 0 Å². The molecule has 0 aliphatic carbocycles. The van der Waals surface area contributed by atoms with Crippen molar-refractivity contribution in [1.29, 1.82) is 0 Å². The third-order valence-corrected chi connectivity index (χ3v) is 4.52. The van der Waals surface area contributed by atoms with E-state index in [2.05, 4.69) is 38.8 Å². The lowest BCUT2D eigenvalue weighted by Gasteiger charge is -2.11. The maximum atomic E-state index is 4.74. The first-order valence-corrected chi connectivity index (χ1v) is 9.48. The maximum absolute atomic E-state index is 4.74. The van der Waals surface area contributed by atoms with E-state index in [4.69, 9.17) is 4.99 Å². The molecule has 8 heteroatoms. The molecule has 3 aromatic heterocycles. The molecule has 0 radical (unpaired) electrons.